The molecule has 1 heterocycles. The highest BCUT2D eigenvalue weighted by Crippen LogP contribution is 2.41. The van der Waals surface area contributed by atoms with Gasteiger partial charge in [-0.25, -0.2) is 9.78 Å². The van der Waals surface area contributed by atoms with E-state index in [9.17, 15) is 4.79 Å². The van der Waals surface area contributed by atoms with Gasteiger partial charge in [0.05, 0.1) is 23.3 Å². The molecule has 0 bridgehead atoms. The third-order valence-corrected chi connectivity index (χ3v) is 4.26. The average Bonchev–Trinajstić information content (AvgIpc) is 3.15. The van der Waals surface area contributed by atoms with Crippen molar-refractivity contribution in [2.45, 2.75) is 32.2 Å². The molecule has 1 aromatic heterocycles. The maximum atomic E-state index is 11.1. The second-order valence-corrected chi connectivity index (χ2v) is 6.12. The lowest BCUT2D eigenvalue weighted by atomic mass is 10.1. The molecule has 0 amide bonds. The summed E-state index contributed by atoms with van der Waals surface area (Å²) in [6, 6.07) is 5.31. The summed E-state index contributed by atoms with van der Waals surface area (Å²) < 4.78 is 0. The molecule has 0 atom stereocenters. The van der Waals surface area contributed by atoms with Crippen LogP contribution in [0.4, 0.5) is 5.69 Å². The number of rotatable bonds is 5. The summed E-state index contributed by atoms with van der Waals surface area (Å²) in [6.07, 6.45) is 2.48. The largest absolute Gasteiger partial charge is 0.478 e. The van der Waals surface area contributed by atoms with Crippen LogP contribution in [0.3, 0.4) is 0 Å². The SMILES string of the molecule is Cc1cc(NCc2scnc2C2CC2)cc(C(=O)O)c1. The number of carbonyl (C=O) groups is 1. The van der Waals surface area contributed by atoms with E-state index < -0.39 is 5.97 Å². The summed E-state index contributed by atoms with van der Waals surface area (Å²) in [7, 11) is 0. The van der Waals surface area contributed by atoms with Crippen LogP contribution in [0, 0.1) is 6.92 Å². The smallest absolute Gasteiger partial charge is 0.335 e. The standard InChI is InChI=1S/C15H16N2O2S/c1-9-4-11(15(18)19)6-12(5-9)16-7-13-14(10-2-3-10)17-8-20-13/h4-6,8,10,16H,2-3,7H2,1H3,(H,18,19). The van der Waals surface area contributed by atoms with E-state index in [0.717, 1.165) is 11.3 Å². The molecule has 0 aliphatic heterocycles. The highest BCUT2D eigenvalue weighted by molar-refractivity contribution is 7.09. The number of aromatic carboxylic acids is 1. The molecule has 104 valence electrons. The van der Waals surface area contributed by atoms with Crippen LogP contribution in [-0.4, -0.2) is 16.1 Å². The van der Waals surface area contributed by atoms with E-state index >= 15 is 0 Å². The van der Waals surface area contributed by atoms with Gasteiger partial charge in [-0.2, -0.15) is 0 Å². The van der Waals surface area contributed by atoms with Gasteiger partial charge in [0.15, 0.2) is 0 Å². The van der Waals surface area contributed by atoms with Crippen LogP contribution in [0.5, 0.6) is 0 Å². The summed E-state index contributed by atoms with van der Waals surface area (Å²) in [6.45, 7) is 2.61. The Labute approximate surface area is 121 Å². The first-order chi connectivity index (χ1) is 9.63. The van der Waals surface area contributed by atoms with E-state index in [2.05, 4.69) is 10.3 Å². The minimum absolute atomic E-state index is 0.319. The highest BCUT2D eigenvalue weighted by Gasteiger charge is 2.28. The summed E-state index contributed by atoms with van der Waals surface area (Å²) in [5.74, 6) is -0.252. The number of thiazole rings is 1. The number of hydrogen-bond acceptors (Lipinski definition) is 4. The maximum Gasteiger partial charge on any atom is 0.335 e. The molecule has 0 radical (unpaired) electrons. The molecular weight excluding hydrogens is 272 g/mol. The lowest BCUT2D eigenvalue weighted by molar-refractivity contribution is 0.0697. The predicted molar refractivity (Wildman–Crippen MR) is 79.6 cm³/mol. The minimum Gasteiger partial charge on any atom is -0.478 e. The Balaban J connectivity index is 1.74. The number of anilines is 1. The van der Waals surface area contributed by atoms with E-state index in [0.29, 0.717) is 18.0 Å². The van der Waals surface area contributed by atoms with Gasteiger partial charge in [0.25, 0.3) is 0 Å². The normalized spacial score (nSPS) is 14.2. The Morgan fingerprint density at radius 1 is 1.45 bits per heavy atom. The van der Waals surface area contributed by atoms with Gasteiger partial charge in [0.1, 0.15) is 0 Å². The number of benzene rings is 1. The van der Waals surface area contributed by atoms with Crippen LogP contribution in [-0.2, 0) is 6.54 Å². The average molecular weight is 288 g/mol. The Kier molecular flexibility index (Phi) is 3.44. The molecule has 2 aromatic rings. The Morgan fingerprint density at radius 2 is 2.25 bits per heavy atom. The third kappa shape index (κ3) is 2.82. The van der Waals surface area contributed by atoms with Gasteiger partial charge in [0, 0.05) is 16.5 Å². The molecule has 2 N–H and O–H groups in total. The summed E-state index contributed by atoms with van der Waals surface area (Å²) in [4.78, 5) is 16.7. The zero-order chi connectivity index (χ0) is 14.1. The van der Waals surface area contributed by atoms with Gasteiger partial charge in [-0.1, -0.05) is 0 Å². The first-order valence-electron chi connectivity index (χ1n) is 6.64. The van der Waals surface area contributed by atoms with Crippen LogP contribution in [0.1, 0.15) is 45.3 Å². The van der Waals surface area contributed by atoms with E-state index in [4.69, 9.17) is 5.11 Å². The number of carboxylic acid groups (broad SMARTS) is 1. The number of hydrogen-bond donors (Lipinski definition) is 2. The molecule has 0 saturated heterocycles. The molecule has 3 rings (SSSR count). The molecule has 1 fully saturated rings. The van der Waals surface area contributed by atoms with Crippen LogP contribution in [0.25, 0.3) is 0 Å². The Bertz CT molecular complexity index is 647. The molecule has 5 heteroatoms. The highest BCUT2D eigenvalue weighted by atomic mass is 32.1. The first-order valence-corrected chi connectivity index (χ1v) is 7.52. The number of nitrogens with one attached hydrogen (secondary N) is 1. The van der Waals surface area contributed by atoms with E-state index in [1.165, 1.54) is 23.4 Å². The molecule has 0 unspecified atom stereocenters. The van der Waals surface area contributed by atoms with Crippen LogP contribution >= 0.6 is 11.3 Å². The first kappa shape index (κ1) is 13.1. The van der Waals surface area contributed by atoms with Crippen molar-refractivity contribution in [2.75, 3.05) is 5.32 Å². The zero-order valence-corrected chi connectivity index (χ0v) is 12.0. The van der Waals surface area contributed by atoms with Crippen LogP contribution < -0.4 is 5.32 Å². The lowest BCUT2D eigenvalue weighted by Crippen LogP contribution is -2.03. The number of aryl methyl sites for hydroxylation is 1. The molecule has 1 saturated carbocycles. The zero-order valence-electron chi connectivity index (χ0n) is 11.2. The summed E-state index contributed by atoms with van der Waals surface area (Å²) in [5, 5.41) is 12.4. The van der Waals surface area contributed by atoms with Gasteiger partial charge in [-0.05, 0) is 43.5 Å². The fraction of sp³-hybridized carbons (Fsp3) is 0.333. The van der Waals surface area contributed by atoms with E-state index in [-0.39, 0.29) is 0 Å². The second-order valence-electron chi connectivity index (χ2n) is 5.18. The fourth-order valence-corrected chi connectivity index (χ4v) is 3.08. The van der Waals surface area contributed by atoms with Crippen LogP contribution in [0.15, 0.2) is 23.7 Å². The molecule has 1 aliphatic rings. The van der Waals surface area contributed by atoms with Crippen LogP contribution in [0.2, 0.25) is 0 Å². The molecule has 20 heavy (non-hydrogen) atoms. The molecule has 1 aliphatic carbocycles. The third-order valence-electron chi connectivity index (χ3n) is 3.41. The van der Waals surface area contributed by atoms with Crippen molar-refractivity contribution in [1.82, 2.24) is 4.98 Å². The number of nitrogens with zero attached hydrogens (tertiary/aromatic N) is 1. The summed E-state index contributed by atoms with van der Waals surface area (Å²) in [5.41, 5.74) is 5.22. The molecular formula is C15H16N2O2S. The quantitative estimate of drug-likeness (QED) is 0.881. The van der Waals surface area contributed by atoms with Gasteiger partial charge < -0.3 is 10.4 Å². The fourth-order valence-electron chi connectivity index (χ4n) is 2.29. The molecule has 0 spiro atoms. The predicted octanol–water partition coefficient (Wildman–Crippen LogP) is 3.64. The number of aromatic nitrogens is 1. The van der Waals surface area contributed by atoms with E-state index in [1.807, 2.05) is 18.5 Å². The Morgan fingerprint density at radius 3 is 2.95 bits per heavy atom. The van der Waals surface area contributed by atoms with Gasteiger partial charge in [0.2, 0.25) is 0 Å². The van der Waals surface area contributed by atoms with Crippen molar-refractivity contribution in [3.63, 3.8) is 0 Å². The molecule has 1 aromatic carbocycles. The second kappa shape index (κ2) is 5.25. The van der Waals surface area contributed by atoms with Crippen molar-refractivity contribution in [2.24, 2.45) is 0 Å². The van der Waals surface area contributed by atoms with Gasteiger partial charge in [-0.3, -0.25) is 0 Å². The van der Waals surface area contributed by atoms with Gasteiger partial charge in [-0.15, -0.1) is 11.3 Å². The lowest BCUT2D eigenvalue weighted by Gasteiger charge is -2.08. The van der Waals surface area contributed by atoms with Crippen molar-refractivity contribution >= 4 is 23.0 Å². The summed E-state index contributed by atoms with van der Waals surface area (Å²) >= 11 is 1.66. The topological polar surface area (TPSA) is 62.2 Å². The Hall–Kier alpha value is -1.88. The minimum atomic E-state index is -0.895. The van der Waals surface area contributed by atoms with Crippen molar-refractivity contribution in [3.8, 4) is 0 Å². The van der Waals surface area contributed by atoms with Crippen molar-refractivity contribution in [1.29, 1.82) is 0 Å². The van der Waals surface area contributed by atoms with E-state index in [1.54, 1.807) is 23.5 Å². The van der Waals surface area contributed by atoms with Crippen molar-refractivity contribution in [3.05, 3.63) is 45.4 Å². The monoisotopic (exact) mass is 288 g/mol. The molecule has 4 nitrogen and oxygen atoms in total. The maximum absolute atomic E-state index is 11.1. The van der Waals surface area contributed by atoms with Crippen molar-refractivity contribution < 1.29 is 9.90 Å². The number of carboxylic acids is 1. The van der Waals surface area contributed by atoms with Gasteiger partial charge >= 0.3 is 5.97 Å².